The molecular weight excluding hydrogens is 346 g/mol. The molecule has 0 spiro atoms. The Kier molecular flexibility index (Phi) is 5.51. The number of nitrogens with zero attached hydrogens (tertiary/aromatic N) is 2. The third-order valence-corrected chi connectivity index (χ3v) is 6.51. The lowest BCUT2D eigenvalue weighted by Gasteiger charge is -2.42. The smallest absolute Gasteiger partial charge is 0.248 e. The first-order chi connectivity index (χ1) is 13.5. The zero-order chi connectivity index (χ0) is 19.7. The number of carbonyl (C=O) groups is 1. The van der Waals surface area contributed by atoms with Crippen molar-refractivity contribution in [3.05, 3.63) is 59.2 Å². The van der Waals surface area contributed by atoms with Gasteiger partial charge in [-0.3, -0.25) is 14.6 Å². The van der Waals surface area contributed by atoms with Crippen molar-refractivity contribution in [3.63, 3.8) is 0 Å². The Morgan fingerprint density at radius 1 is 0.964 bits per heavy atom. The first kappa shape index (κ1) is 19.2. The van der Waals surface area contributed by atoms with Crippen LogP contribution in [0.25, 0.3) is 11.1 Å². The van der Waals surface area contributed by atoms with Crippen LogP contribution in [0, 0.1) is 0 Å². The highest BCUT2D eigenvalue weighted by molar-refractivity contribution is 5.93. The van der Waals surface area contributed by atoms with Gasteiger partial charge in [0.05, 0.1) is 0 Å². The van der Waals surface area contributed by atoms with Gasteiger partial charge >= 0.3 is 0 Å². The van der Waals surface area contributed by atoms with Gasteiger partial charge in [-0.2, -0.15) is 0 Å². The van der Waals surface area contributed by atoms with Crippen LogP contribution in [0.15, 0.2) is 42.5 Å². The molecule has 2 N–H and O–H groups in total. The molecule has 1 unspecified atom stereocenters. The van der Waals surface area contributed by atoms with E-state index in [4.69, 9.17) is 5.73 Å². The number of piperazine rings is 1. The highest BCUT2D eigenvalue weighted by Crippen LogP contribution is 2.30. The van der Waals surface area contributed by atoms with Crippen LogP contribution in [0.5, 0.6) is 0 Å². The molecule has 2 aromatic carbocycles. The van der Waals surface area contributed by atoms with Gasteiger partial charge in [-0.25, -0.2) is 0 Å². The zero-order valence-corrected chi connectivity index (χ0v) is 17.0. The zero-order valence-electron chi connectivity index (χ0n) is 17.0. The average molecular weight is 378 g/mol. The van der Waals surface area contributed by atoms with Gasteiger partial charge in [-0.1, -0.05) is 30.3 Å². The number of hydrogen-bond donors (Lipinski definition) is 1. The highest BCUT2D eigenvalue weighted by Gasteiger charge is 2.28. The van der Waals surface area contributed by atoms with Gasteiger partial charge in [0.2, 0.25) is 5.91 Å². The average Bonchev–Trinajstić information content (AvgIpc) is 2.73. The summed E-state index contributed by atoms with van der Waals surface area (Å²) in [5.74, 6) is -0.378. The third kappa shape index (κ3) is 3.98. The summed E-state index contributed by atoms with van der Waals surface area (Å²) in [5.41, 5.74) is 11.2. The summed E-state index contributed by atoms with van der Waals surface area (Å²) in [6.07, 6.45) is 3.56. The SMILES string of the molecule is CC(C)N1CCN(C2CCc3cc(-c4ccc(C(N)=O)cc4)ccc3C2)CC1. The Labute approximate surface area is 168 Å². The van der Waals surface area contributed by atoms with Crippen molar-refractivity contribution >= 4 is 5.91 Å². The molecule has 0 bridgehead atoms. The molecule has 1 atom stereocenters. The van der Waals surface area contributed by atoms with E-state index in [1.54, 1.807) is 0 Å². The van der Waals surface area contributed by atoms with Crippen LogP contribution < -0.4 is 5.73 Å². The molecule has 2 aliphatic rings. The molecule has 0 saturated carbocycles. The molecule has 1 fully saturated rings. The van der Waals surface area contributed by atoms with Gasteiger partial charge in [-0.15, -0.1) is 0 Å². The van der Waals surface area contributed by atoms with E-state index in [1.165, 1.54) is 49.3 Å². The molecule has 4 nitrogen and oxygen atoms in total. The Balaban J connectivity index is 1.44. The van der Waals surface area contributed by atoms with Crippen LogP contribution in [0.4, 0.5) is 0 Å². The number of amides is 1. The van der Waals surface area contributed by atoms with E-state index < -0.39 is 0 Å². The maximum atomic E-state index is 11.3. The maximum absolute atomic E-state index is 11.3. The van der Waals surface area contributed by atoms with Crippen molar-refractivity contribution in [1.82, 2.24) is 9.80 Å². The molecule has 1 amide bonds. The monoisotopic (exact) mass is 377 g/mol. The van der Waals surface area contributed by atoms with E-state index in [2.05, 4.69) is 41.8 Å². The van der Waals surface area contributed by atoms with Crippen LogP contribution >= 0.6 is 0 Å². The van der Waals surface area contributed by atoms with Crippen LogP contribution in [0.3, 0.4) is 0 Å². The number of carbonyl (C=O) groups excluding carboxylic acids is 1. The fourth-order valence-electron chi connectivity index (χ4n) is 4.67. The van der Waals surface area contributed by atoms with Crippen molar-refractivity contribution in [2.24, 2.45) is 5.73 Å². The van der Waals surface area contributed by atoms with Crippen molar-refractivity contribution < 1.29 is 4.79 Å². The number of hydrogen-bond acceptors (Lipinski definition) is 3. The molecule has 148 valence electrons. The van der Waals surface area contributed by atoms with E-state index in [-0.39, 0.29) is 5.91 Å². The van der Waals surface area contributed by atoms with Crippen LogP contribution in [-0.2, 0) is 12.8 Å². The second-order valence-corrected chi connectivity index (χ2v) is 8.49. The van der Waals surface area contributed by atoms with Crippen molar-refractivity contribution in [1.29, 1.82) is 0 Å². The summed E-state index contributed by atoms with van der Waals surface area (Å²) < 4.78 is 0. The summed E-state index contributed by atoms with van der Waals surface area (Å²) in [7, 11) is 0. The van der Waals surface area contributed by atoms with E-state index >= 15 is 0 Å². The molecule has 2 aromatic rings. The lowest BCUT2D eigenvalue weighted by molar-refractivity contribution is 0.0730. The topological polar surface area (TPSA) is 49.6 Å². The second-order valence-electron chi connectivity index (χ2n) is 8.49. The lowest BCUT2D eigenvalue weighted by Crippen LogP contribution is -2.53. The molecule has 1 saturated heterocycles. The van der Waals surface area contributed by atoms with Gasteiger partial charge in [0.25, 0.3) is 0 Å². The van der Waals surface area contributed by atoms with E-state index in [0.29, 0.717) is 17.6 Å². The minimum atomic E-state index is -0.378. The number of rotatable bonds is 4. The van der Waals surface area contributed by atoms with Crippen LogP contribution in [0.2, 0.25) is 0 Å². The summed E-state index contributed by atoms with van der Waals surface area (Å²) >= 11 is 0. The van der Waals surface area contributed by atoms with Crippen molar-refractivity contribution in [2.45, 2.75) is 45.2 Å². The van der Waals surface area contributed by atoms with Gasteiger partial charge in [0.15, 0.2) is 0 Å². The summed E-state index contributed by atoms with van der Waals surface area (Å²) in [6, 6.07) is 15.8. The Hall–Kier alpha value is -2.17. The van der Waals surface area contributed by atoms with Crippen LogP contribution in [0.1, 0.15) is 41.8 Å². The molecule has 1 aliphatic carbocycles. The third-order valence-electron chi connectivity index (χ3n) is 6.51. The molecule has 1 heterocycles. The molecular formula is C24H31N3O. The number of primary amides is 1. The van der Waals surface area contributed by atoms with Crippen molar-refractivity contribution in [3.8, 4) is 11.1 Å². The predicted octanol–water partition coefficient (Wildman–Crippen LogP) is 3.34. The first-order valence-electron chi connectivity index (χ1n) is 10.5. The molecule has 4 rings (SSSR count). The van der Waals surface area contributed by atoms with Gasteiger partial charge in [-0.05, 0) is 67.5 Å². The fraction of sp³-hybridized carbons (Fsp3) is 0.458. The van der Waals surface area contributed by atoms with E-state index in [1.807, 2.05) is 24.3 Å². The largest absolute Gasteiger partial charge is 0.366 e. The molecule has 1 aliphatic heterocycles. The quantitative estimate of drug-likeness (QED) is 0.889. The Bertz CT molecular complexity index is 835. The number of benzene rings is 2. The summed E-state index contributed by atoms with van der Waals surface area (Å²) in [5, 5.41) is 0. The molecule has 0 radical (unpaired) electrons. The number of aryl methyl sites for hydroxylation is 1. The number of fused-ring (bicyclic) bond motifs is 1. The van der Waals surface area contributed by atoms with Crippen LogP contribution in [-0.4, -0.2) is 54.0 Å². The lowest BCUT2D eigenvalue weighted by atomic mass is 9.85. The molecule has 4 heteroatoms. The maximum Gasteiger partial charge on any atom is 0.248 e. The Morgan fingerprint density at radius 3 is 2.29 bits per heavy atom. The van der Waals surface area contributed by atoms with Gasteiger partial charge in [0, 0.05) is 43.8 Å². The van der Waals surface area contributed by atoms with E-state index in [0.717, 1.165) is 18.4 Å². The summed E-state index contributed by atoms with van der Waals surface area (Å²) in [4.78, 5) is 16.6. The minimum absolute atomic E-state index is 0.378. The minimum Gasteiger partial charge on any atom is -0.366 e. The second kappa shape index (κ2) is 8.06. The standard InChI is InChI=1S/C24H31N3O/c1-17(2)26-11-13-27(14-12-26)23-10-9-21-15-20(7-8-22(21)16-23)18-3-5-19(6-4-18)24(25)28/h3-8,15,17,23H,9-14,16H2,1-2H3,(H2,25,28). The summed E-state index contributed by atoms with van der Waals surface area (Å²) in [6.45, 7) is 9.38. The normalized spacial score (nSPS) is 20.9. The van der Waals surface area contributed by atoms with Gasteiger partial charge in [0.1, 0.15) is 0 Å². The predicted molar refractivity (Wildman–Crippen MR) is 114 cm³/mol. The van der Waals surface area contributed by atoms with E-state index in [9.17, 15) is 4.79 Å². The fourth-order valence-corrected chi connectivity index (χ4v) is 4.67. The number of nitrogens with two attached hydrogens (primary N) is 1. The van der Waals surface area contributed by atoms with Crippen molar-refractivity contribution in [2.75, 3.05) is 26.2 Å². The molecule has 0 aromatic heterocycles. The first-order valence-corrected chi connectivity index (χ1v) is 10.5. The molecule has 28 heavy (non-hydrogen) atoms. The highest BCUT2D eigenvalue weighted by atomic mass is 16.1. The Morgan fingerprint density at radius 2 is 1.64 bits per heavy atom. The van der Waals surface area contributed by atoms with Gasteiger partial charge < -0.3 is 5.73 Å².